The van der Waals surface area contributed by atoms with Crippen LogP contribution in [0.15, 0.2) is 59.8 Å². The van der Waals surface area contributed by atoms with E-state index in [9.17, 15) is 8.42 Å². The summed E-state index contributed by atoms with van der Waals surface area (Å²) < 4.78 is 27.1. The van der Waals surface area contributed by atoms with Crippen molar-refractivity contribution in [3.63, 3.8) is 0 Å². The molecule has 6 aromatic rings. The third kappa shape index (κ3) is 3.23. The second-order valence-corrected chi connectivity index (χ2v) is 12.4. The fourth-order valence-electron chi connectivity index (χ4n) is 4.81. The molecule has 36 heavy (non-hydrogen) atoms. The molecule has 0 amide bonds. The van der Waals surface area contributed by atoms with Crippen molar-refractivity contribution in [2.24, 2.45) is 0 Å². The molecule has 9 heteroatoms. The van der Waals surface area contributed by atoms with Crippen LogP contribution < -0.4 is 0 Å². The number of hydrogen-bond donors (Lipinski definition) is 2. The Labute approximate surface area is 208 Å². The topological polar surface area (TPSA) is 108 Å². The number of sulfonamides is 1. The van der Waals surface area contributed by atoms with Crippen molar-refractivity contribution in [3.05, 3.63) is 60.6 Å². The smallest absolute Gasteiger partial charge is 0.242 e. The Balaban J connectivity index is 1.74. The number of pyridine rings is 2. The standard InChI is InChI=1S/C27H26N6O2S/c1-27(2,3)25-20(18-14-15(10-11-19(18)30-25)36(34,35)33(4)5)26-31-23-16-8-6-12-28-21(16)22-17(24(23)32-26)9-7-13-29-22/h6-14,30H,1-5H3,(H,31,32). The first-order chi connectivity index (χ1) is 17.1. The Morgan fingerprint density at radius 1 is 0.833 bits per heavy atom. The summed E-state index contributed by atoms with van der Waals surface area (Å²) in [5, 5.41) is 2.64. The molecule has 0 saturated heterocycles. The van der Waals surface area contributed by atoms with Crippen molar-refractivity contribution in [1.82, 2.24) is 29.2 Å². The van der Waals surface area contributed by atoms with Crippen molar-refractivity contribution in [1.29, 1.82) is 0 Å². The van der Waals surface area contributed by atoms with Gasteiger partial charge in [0.1, 0.15) is 5.82 Å². The van der Waals surface area contributed by atoms with Gasteiger partial charge in [-0.25, -0.2) is 17.7 Å². The Morgan fingerprint density at radius 2 is 1.50 bits per heavy atom. The normalized spacial score (nSPS) is 13.1. The van der Waals surface area contributed by atoms with Crippen molar-refractivity contribution < 1.29 is 8.42 Å². The second kappa shape index (κ2) is 7.59. The number of hydrogen-bond acceptors (Lipinski definition) is 5. The number of imidazole rings is 1. The van der Waals surface area contributed by atoms with E-state index in [0.717, 1.165) is 55.0 Å². The average Bonchev–Trinajstić information content (AvgIpc) is 3.46. The van der Waals surface area contributed by atoms with E-state index >= 15 is 0 Å². The van der Waals surface area contributed by atoms with Gasteiger partial charge in [0.15, 0.2) is 0 Å². The minimum atomic E-state index is -3.60. The van der Waals surface area contributed by atoms with Crippen LogP contribution in [-0.2, 0) is 15.4 Å². The highest BCUT2D eigenvalue weighted by Crippen LogP contribution is 2.41. The summed E-state index contributed by atoms with van der Waals surface area (Å²) in [6, 6.07) is 13.0. The first kappa shape index (κ1) is 22.6. The van der Waals surface area contributed by atoms with Crippen molar-refractivity contribution in [3.8, 4) is 11.4 Å². The molecule has 0 saturated carbocycles. The Hall–Kier alpha value is -3.82. The number of aromatic nitrogens is 5. The maximum absolute atomic E-state index is 12.9. The van der Waals surface area contributed by atoms with Gasteiger partial charge in [-0.1, -0.05) is 20.8 Å². The molecule has 0 atom stereocenters. The SMILES string of the molecule is CN(C)S(=O)(=O)c1ccc2[nH]c(C(C)(C)C)c(-c3nc4c5cccnc5c5ncccc5c4[nH]3)c2c1. The molecule has 4 heterocycles. The van der Waals surface area contributed by atoms with Gasteiger partial charge < -0.3 is 9.97 Å². The van der Waals surface area contributed by atoms with E-state index in [1.54, 1.807) is 24.5 Å². The second-order valence-electron chi connectivity index (χ2n) is 10.2. The van der Waals surface area contributed by atoms with Crippen LogP contribution >= 0.6 is 0 Å². The summed E-state index contributed by atoms with van der Waals surface area (Å²) in [6.07, 6.45) is 3.53. The molecule has 0 aliphatic heterocycles. The summed E-state index contributed by atoms with van der Waals surface area (Å²) in [6.45, 7) is 6.37. The van der Waals surface area contributed by atoms with Crippen LogP contribution in [0, 0.1) is 0 Å². The molecule has 0 radical (unpaired) electrons. The summed E-state index contributed by atoms with van der Waals surface area (Å²) in [4.78, 5) is 21.6. The molecule has 0 aliphatic rings. The predicted molar refractivity (Wildman–Crippen MR) is 144 cm³/mol. The van der Waals surface area contributed by atoms with Crippen LogP contribution in [-0.4, -0.2) is 51.7 Å². The summed E-state index contributed by atoms with van der Waals surface area (Å²) in [7, 11) is -0.529. The lowest BCUT2D eigenvalue weighted by molar-refractivity contribution is 0.521. The minimum Gasteiger partial charge on any atom is -0.357 e. The zero-order chi connectivity index (χ0) is 25.4. The quantitative estimate of drug-likeness (QED) is 0.320. The van der Waals surface area contributed by atoms with Gasteiger partial charge in [-0.15, -0.1) is 0 Å². The molecule has 8 nitrogen and oxygen atoms in total. The van der Waals surface area contributed by atoms with E-state index in [2.05, 4.69) is 40.7 Å². The maximum Gasteiger partial charge on any atom is 0.242 e. The molecule has 0 fully saturated rings. The molecule has 6 rings (SSSR count). The molecule has 0 unspecified atom stereocenters. The molecule has 4 aromatic heterocycles. The van der Waals surface area contributed by atoms with Crippen LogP contribution in [0.25, 0.3) is 55.1 Å². The lowest BCUT2D eigenvalue weighted by Gasteiger charge is -2.18. The van der Waals surface area contributed by atoms with E-state index in [4.69, 9.17) is 4.98 Å². The fourth-order valence-corrected chi connectivity index (χ4v) is 5.74. The minimum absolute atomic E-state index is 0.237. The third-order valence-electron chi connectivity index (χ3n) is 6.60. The fraction of sp³-hybridized carbons (Fsp3) is 0.222. The zero-order valence-electron chi connectivity index (χ0n) is 20.7. The summed E-state index contributed by atoms with van der Waals surface area (Å²) >= 11 is 0. The van der Waals surface area contributed by atoms with Crippen molar-refractivity contribution >= 4 is 53.8 Å². The van der Waals surface area contributed by atoms with Gasteiger partial charge in [0.25, 0.3) is 0 Å². The number of rotatable bonds is 3. The maximum atomic E-state index is 12.9. The third-order valence-corrected chi connectivity index (χ3v) is 8.41. The van der Waals surface area contributed by atoms with E-state index < -0.39 is 10.0 Å². The zero-order valence-corrected chi connectivity index (χ0v) is 21.5. The van der Waals surface area contributed by atoms with E-state index in [1.807, 2.05) is 30.3 Å². The highest BCUT2D eigenvalue weighted by Gasteiger charge is 2.28. The van der Waals surface area contributed by atoms with Crippen molar-refractivity contribution in [2.45, 2.75) is 31.1 Å². The van der Waals surface area contributed by atoms with E-state index in [-0.39, 0.29) is 10.3 Å². The molecule has 0 aliphatic carbocycles. The van der Waals surface area contributed by atoms with E-state index in [0.29, 0.717) is 5.82 Å². The van der Waals surface area contributed by atoms with Crippen LogP contribution in [0.3, 0.4) is 0 Å². The molecular weight excluding hydrogens is 472 g/mol. The Bertz CT molecular complexity index is 1850. The van der Waals surface area contributed by atoms with Gasteiger partial charge in [-0.2, -0.15) is 0 Å². The van der Waals surface area contributed by atoms with Crippen LogP contribution in [0.1, 0.15) is 26.5 Å². The number of fused-ring (bicyclic) bond motifs is 7. The lowest BCUT2D eigenvalue weighted by Crippen LogP contribution is -2.22. The molecule has 0 bridgehead atoms. The van der Waals surface area contributed by atoms with E-state index in [1.165, 1.54) is 18.4 Å². The van der Waals surface area contributed by atoms with Gasteiger partial charge in [0.05, 0.1) is 27.0 Å². The van der Waals surface area contributed by atoms with Gasteiger partial charge in [0, 0.05) is 64.8 Å². The monoisotopic (exact) mass is 498 g/mol. The number of H-pyrrole nitrogens is 2. The molecule has 0 spiro atoms. The Kier molecular flexibility index (Phi) is 4.77. The molecule has 2 aromatic carbocycles. The van der Waals surface area contributed by atoms with Gasteiger partial charge >= 0.3 is 0 Å². The largest absolute Gasteiger partial charge is 0.357 e. The van der Waals surface area contributed by atoms with Crippen LogP contribution in [0.5, 0.6) is 0 Å². The van der Waals surface area contributed by atoms with Gasteiger partial charge in [-0.3, -0.25) is 9.97 Å². The average molecular weight is 499 g/mol. The summed E-state index contributed by atoms with van der Waals surface area (Å²) in [5.41, 5.74) is 5.73. The first-order valence-electron chi connectivity index (χ1n) is 11.7. The highest BCUT2D eigenvalue weighted by molar-refractivity contribution is 7.89. The molecule has 182 valence electrons. The number of nitrogens with one attached hydrogen (secondary N) is 2. The number of nitrogens with zero attached hydrogens (tertiary/aromatic N) is 4. The Morgan fingerprint density at radius 3 is 2.17 bits per heavy atom. The number of benzene rings is 2. The molecular formula is C27H26N6O2S. The molecule has 2 N–H and O–H groups in total. The van der Waals surface area contributed by atoms with Gasteiger partial charge in [-0.05, 0) is 42.5 Å². The van der Waals surface area contributed by atoms with Crippen LogP contribution in [0.4, 0.5) is 0 Å². The first-order valence-corrected chi connectivity index (χ1v) is 13.1. The number of aromatic amines is 2. The predicted octanol–water partition coefficient (Wildman–Crippen LogP) is 5.36. The highest BCUT2D eigenvalue weighted by atomic mass is 32.2. The van der Waals surface area contributed by atoms with Crippen LogP contribution in [0.2, 0.25) is 0 Å². The van der Waals surface area contributed by atoms with Gasteiger partial charge in [0.2, 0.25) is 10.0 Å². The summed E-state index contributed by atoms with van der Waals surface area (Å²) in [5.74, 6) is 0.669. The van der Waals surface area contributed by atoms with Crippen molar-refractivity contribution in [2.75, 3.05) is 14.1 Å². The lowest BCUT2D eigenvalue weighted by atomic mass is 9.88.